The lowest BCUT2D eigenvalue weighted by Crippen LogP contribution is -2.14. The third kappa shape index (κ3) is 4.46. The Bertz CT molecular complexity index is 1200. The molecule has 7 nitrogen and oxygen atoms in total. The monoisotopic (exact) mass is 435 g/mol. The molecule has 0 spiro atoms. The maximum atomic E-state index is 14.2. The summed E-state index contributed by atoms with van der Waals surface area (Å²) in [6.07, 6.45) is 3.79. The summed E-state index contributed by atoms with van der Waals surface area (Å²) in [7, 11) is 0. The smallest absolute Gasteiger partial charge is 0.245 e. The zero-order valence-electron chi connectivity index (χ0n) is 17.8. The lowest BCUT2D eigenvalue weighted by Gasteiger charge is -2.08. The van der Waals surface area contributed by atoms with E-state index in [1.807, 2.05) is 67.6 Å². The molecule has 0 fully saturated rings. The number of halogens is 2. The molecule has 0 saturated heterocycles. The van der Waals surface area contributed by atoms with Gasteiger partial charge in [0.2, 0.25) is 11.6 Å². The van der Waals surface area contributed by atoms with E-state index < -0.39 is 11.7 Å². The maximum Gasteiger partial charge on any atom is 0.308 e. The van der Waals surface area contributed by atoms with Crippen LogP contribution in [0.3, 0.4) is 0 Å². The summed E-state index contributed by atoms with van der Waals surface area (Å²) in [5.41, 5.74) is 3.78. The second-order valence-electron chi connectivity index (χ2n) is 7.32. The number of hydrogen-bond donors (Lipinski definition) is 1. The number of aromatic nitrogens is 7. The normalized spacial score (nSPS) is 12.0. The van der Waals surface area contributed by atoms with Gasteiger partial charge in [-0.25, -0.2) is 9.67 Å². The van der Waals surface area contributed by atoms with E-state index in [4.69, 9.17) is 0 Å². The van der Waals surface area contributed by atoms with E-state index in [0.29, 0.717) is 24.6 Å². The fourth-order valence-corrected chi connectivity index (χ4v) is 3.36. The van der Waals surface area contributed by atoms with Crippen molar-refractivity contribution in [1.29, 1.82) is 0 Å². The molecule has 0 atom stereocenters. The van der Waals surface area contributed by atoms with Gasteiger partial charge in [0.05, 0.1) is 6.54 Å². The Hall–Kier alpha value is -3.75. The summed E-state index contributed by atoms with van der Waals surface area (Å²) in [5, 5.41) is 18.3. The number of rotatable bonds is 8. The minimum atomic E-state index is -3.04. The van der Waals surface area contributed by atoms with Crippen LogP contribution in [-0.2, 0) is 18.9 Å². The van der Waals surface area contributed by atoms with Crippen molar-refractivity contribution in [2.75, 3.05) is 0 Å². The van der Waals surface area contributed by atoms with Crippen LogP contribution in [0.15, 0.2) is 60.7 Å². The number of tetrazole rings is 1. The molecule has 0 radical (unpaired) electrons. The van der Waals surface area contributed by atoms with Crippen LogP contribution in [-0.4, -0.2) is 35.4 Å². The van der Waals surface area contributed by atoms with E-state index in [0.717, 1.165) is 22.3 Å². The molecule has 2 aromatic carbocycles. The summed E-state index contributed by atoms with van der Waals surface area (Å²) >= 11 is 0. The van der Waals surface area contributed by atoms with Crippen molar-refractivity contribution in [3.63, 3.8) is 0 Å². The second kappa shape index (κ2) is 9.17. The Morgan fingerprint density at radius 1 is 1.06 bits per heavy atom. The SMILES string of the molecule is C/C=C/Cn1nc(C(F)(F)CC)nc1Cc1ccc(-c2ccccc2-c2nn[nH]n2)cc1. The van der Waals surface area contributed by atoms with Gasteiger partial charge >= 0.3 is 5.92 Å². The van der Waals surface area contributed by atoms with Gasteiger partial charge in [0.1, 0.15) is 5.82 Å². The average molecular weight is 435 g/mol. The molecule has 4 rings (SSSR count). The molecular formula is C23H23F2N7. The van der Waals surface area contributed by atoms with Crippen molar-refractivity contribution >= 4 is 0 Å². The van der Waals surface area contributed by atoms with Gasteiger partial charge in [-0.05, 0) is 28.8 Å². The van der Waals surface area contributed by atoms with Gasteiger partial charge in [-0.15, -0.1) is 15.3 Å². The highest BCUT2D eigenvalue weighted by molar-refractivity contribution is 5.80. The number of nitrogens with zero attached hydrogens (tertiary/aromatic N) is 6. The molecule has 2 heterocycles. The summed E-state index contributed by atoms with van der Waals surface area (Å²) in [5.74, 6) is -2.44. The van der Waals surface area contributed by atoms with Gasteiger partial charge < -0.3 is 0 Å². The highest BCUT2D eigenvalue weighted by Gasteiger charge is 2.35. The standard InChI is InChI=1S/C23H23F2N7/c1-3-5-14-32-20(26-22(29-32)23(24,25)4-2)15-16-10-12-17(13-11-16)18-8-6-7-9-19(18)21-27-30-31-28-21/h3,5-13H,4,14-15H2,1-2H3,(H,27,28,30,31)/b5-3+. The van der Waals surface area contributed by atoms with Crippen molar-refractivity contribution in [3.8, 4) is 22.5 Å². The van der Waals surface area contributed by atoms with Gasteiger partial charge in [0, 0.05) is 18.4 Å². The second-order valence-corrected chi connectivity index (χ2v) is 7.32. The van der Waals surface area contributed by atoms with Crippen LogP contribution < -0.4 is 0 Å². The van der Waals surface area contributed by atoms with Crippen molar-refractivity contribution in [1.82, 2.24) is 35.4 Å². The predicted molar refractivity (Wildman–Crippen MR) is 117 cm³/mol. The first-order valence-electron chi connectivity index (χ1n) is 10.4. The van der Waals surface area contributed by atoms with E-state index in [-0.39, 0.29) is 6.42 Å². The van der Waals surface area contributed by atoms with E-state index >= 15 is 0 Å². The third-order valence-electron chi connectivity index (χ3n) is 5.17. The fourth-order valence-electron chi connectivity index (χ4n) is 3.36. The van der Waals surface area contributed by atoms with Crippen molar-refractivity contribution < 1.29 is 8.78 Å². The molecule has 164 valence electrons. The van der Waals surface area contributed by atoms with E-state index in [9.17, 15) is 8.78 Å². The Labute approximate surface area is 184 Å². The molecule has 0 aliphatic rings. The molecule has 4 aromatic rings. The van der Waals surface area contributed by atoms with Crippen LogP contribution >= 0.6 is 0 Å². The highest BCUT2D eigenvalue weighted by atomic mass is 19.3. The summed E-state index contributed by atoms with van der Waals surface area (Å²) < 4.78 is 29.9. The zero-order chi connectivity index (χ0) is 22.6. The summed E-state index contributed by atoms with van der Waals surface area (Å²) in [6, 6.07) is 15.7. The predicted octanol–water partition coefficient (Wildman–Crippen LogP) is 4.79. The number of benzene rings is 2. The highest BCUT2D eigenvalue weighted by Crippen LogP contribution is 2.31. The van der Waals surface area contributed by atoms with Crippen LogP contribution in [0.25, 0.3) is 22.5 Å². The summed E-state index contributed by atoms with van der Waals surface area (Å²) in [4.78, 5) is 4.17. The average Bonchev–Trinajstić information content (AvgIpc) is 3.49. The lowest BCUT2D eigenvalue weighted by atomic mass is 9.98. The van der Waals surface area contributed by atoms with Crippen LogP contribution in [0, 0.1) is 0 Å². The number of hydrogen-bond acceptors (Lipinski definition) is 5. The molecule has 0 aliphatic heterocycles. The van der Waals surface area contributed by atoms with Crippen molar-refractivity contribution in [2.24, 2.45) is 0 Å². The molecule has 0 amide bonds. The molecule has 1 N–H and O–H groups in total. The third-order valence-corrected chi connectivity index (χ3v) is 5.17. The number of H-pyrrole nitrogens is 1. The Morgan fingerprint density at radius 3 is 2.47 bits per heavy atom. The number of allylic oxidation sites excluding steroid dienone is 2. The molecule has 0 aliphatic carbocycles. The topological polar surface area (TPSA) is 85.2 Å². The molecule has 0 unspecified atom stereocenters. The van der Waals surface area contributed by atoms with Gasteiger partial charge in [0.25, 0.3) is 0 Å². The first-order chi connectivity index (χ1) is 15.5. The molecular weight excluding hydrogens is 412 g/mol. The first-order valence-corrected chi connectivity index (χ1v) is 10.4. The fraction of sp³-hybridized carbons (Fsp3) is 0.261. The molecule has 2 aromatic heterocycles. The largest absolute Gasteiger partial charge is 0.308 e. The quantitative estimate of drug-likeness (QED) is 0.402. The number of alkyl halides is 2. The number of nitrogens with one attached hydrogen (secondary N) is 1. The van der Waals surface area contributed by atoms with Crippen molar-refractivity contribution in [2.45, 2.75) is 39.2 Å². The lowest BCUT2D eigenvalue weighted by molar-refractivity contribution is -0.0177. The van der Waals surface area contributed by atoms with Crippen LogP contribution in [0.4, 0.5) is 8.78 Å². The van der Waals surface area contributed by atoms with E-state index in [2.05, 4.69) is 30.7 Å². The number of aromatic amines is 1. The van der Waals surface area contributed by atoms with Gasteiger partial charge in [0.15, 0.2) is 0 Å². The van der Waals surface area contributed by atoms with E-state index in [1.165, 1.54) is 6.92 Å². The Balaban J connectivity index is 1.62. The zero-order valence-corrected chi connectivity index (χ0v) is 17.8. The Kier molecular flexibility index (Phi) is 6.16. The molecule has 9 heteroatoms. The van der Waals surface area contributed by atoms with E-state index in [1.54, 1.807) is 4.68 Å². The van der Waals surface area contributed by atoms with Crippen molar-refractivity contribution in [3.05, 3.63) is 77.9 Å². The molecule has 32 heavy (non-hydrogen) atoms. The maximum absolute atomic E-state index is 14.2. The van der Waals surface area contributed by atoms with Gasteiger partial charge in [-0.1, -0.05) is 67.6 Å². The molecule has 0 saturated carbocycles. The van der Waals surface area contributed by atoms with Crippen LogP contribution in [0.1, 0.15) is 37.5 Å². The first kappa shape index (κ1) is 21.5. The minimum Gasteiger partial charge on any atom is -0.245 e. The minimum absolute atomic E-state index is 0.339. The summed E-state index contributed by atoms with van der Waals surface area (Å²) in [6.45, 7) is 3.70. The Morgan fingerprint density at radius 2 is 1.81 bits per heavy atom. The van der Waals surface area contributed by atoms with Crippen LogP contribution in [0.2, 0.25) is 0 Å². The van der Waals surface area contributed by atoms with Gasteiger partial charge in [-0.3, -0.25) is 0 Å². The van der Waals surface area contributed by atoms with Gasteiger partial charge in [-0.2, -0.15) is 14.0 Å². The van der Waals surface area contributed by atoms with Crippen LogP contribution in [0.5, 0.6) is 0 Å². The molecule has 0 bridgehead atoms.